The van der Waals surface area contributed by atoms with Crippen LogP contribution in [0.5, 0.6) is 0 Å². The summed E-state index contributed by atoms with van der Waals surface area (Å²) in [7, 11) is 0. The number of benzene rings is 4. The monoisotopic (exact) mass is 702 g/mol. The summed E-state index contributed by atoms with van der Waals surface area (Å²) in [6.45, 7) is 20.9. The zero-order valence-electron chi connectivity index (χ0n) is 32.1. The Labute approximate surface area is 313 Å². The number of rotatable bonds is 3. The summed E-state index contributed by atoms with van der Waals surface area (Å²) in [5.41, 5.74) is 17.1. The lowest BCUT2D eigenvalue weighted by molar-refractivity contribution is 0.271. The van der Waals surface area contributed by atoms with Gasteiger partial charge in [-0.15, -0.1) is 0 Å². The number of nitrogens with zero attached hydrogens (tertiary/aromatic N) is 1. The molecule has 12 aliphatic rings. The lowest BCUT2D eigenvalue weighted by Gasteiger charge is -2.27. The van der Waals surface area contributed by atoms with E-state index in [1.807, 2.05) is 0 Å². The Bertz CT molecular complexity index is 1440. The van der Waals surface area contributed by atoms with Gasteiger partial charge in [0.2, 0.25) is 0 Å². The van der Waals surface area contributed by atoms with Crippen LogP contribution in [0.2, 0.25) is 0 Å². The Morgan fingerprint density at radius 2 is 0.577 bits per heavy atom. The summed E-state index contributed by atoms with van der Waals surface area (Å²) < 4.78 is 0. The second-order valence-electron chi connectivity index (χ2n) is 14.6. The Kier molecular flexibility index (Phi) is 14.9. The fraction of sp³-hybridized carbons (Fsp3) is 0.467. The molecule has 10 bridgehead atoms. The summed E-state index contributed by atoms with van der Waals surface area (Å²) in [5.74, 6) is 0. The van der Waals surface area contributed by atoms with E-state index in [9.17, 15) is 0 Å². The van der Waals surface area contributed by atoms with E-state index in [4.69, 9.17) is 0 Å². The maximum atomic E-state index is 3.88. The maximum absolute atomic E-state index is 3.88. The molecule has 0 spiro atoms. The van der Waals surface area contributed by atoms with Gasteiger partial charge >= 0.3 is 0 Å². The van der Waals surface area contributed by atoms with Crippen LogP contribution in [0.15, 0.2) is 72.8 Å². The summed E-state index contributed by atoms with van der Waals surface area (Å²) in [4.78, 5) is 2.58. The van der Waals surface area contributed by atoms with E-state index < -0.39 is 0 Å². The van der Waals surface area contributed by atoms with Gasteiger partial charge in [-0.2, -0.15) is 0 Å². The molecule has 16 rings (SSSR count). The molecule has 0 unspecified atom stereocenters. The molecule has 0 radical (unpaired) electrons. The first-order valence-electron chi connectivity index (χ1n) is 20.0. The predicted molar refractivity (Wildman–Crippen MR) is 217 cm³/mol. The molecule has 52 heavy (non-hydrogen) atoms. The van der Waals surface area contributed by atoms with Gasteiger partial charge in [-0.3, -0.25) is 4.90 Å². The summed E-state index contributed by atoms with van der Waals surface area (Å²) >= 11 is 0. The Morgan fingerprint density at radius 3 is 0.808 bits per heavy atom. The largest absolute Gasteiger partial charge is 0.311 e. The lowest BCUT2D eigenvalue weighted by atomic mass is 9.83. The van der Waals surface area contributed by atoms with Gasteiger partial charge < -0.3 is 31.9 Å². The van der Waals surface area contributed by atoms with E-state index in [1.165, 1.54) is 66.8 Å². The Morgan fingerprint density at radius 1 is 0.346 bits per heavy atom. The van der Waals surface area contributed by atoms with Crippen molar-refractivity contribution in [1.82, 2.24) is 36.8 Å². The van der Waals surface area contributed by atoms with Crippen LogP contribution in [0.4, 0.5) is 0 Å². The highest BCUT2D eigenvalue weighted by atomic mass is 15.2. The molecule has 12 aliphatic heterocycles. The molecule has 12 heterocycles. The average Bonchev–Trinajstić information content (AvgIpc) is 3.17. The molecule has 7 nitrogen and oxygen atoms in total. The molecule has 4 aromatic rings. The van der Waals surface area contributed by atoms with Crippen molar-refractivity contribution in [1.29, 1.82) is 0 Å². The first-order valence-corrected chi connectivity index (χ1v) is 20.0. The third-order valence-electron chi connectivity index (χ3n) is 11.0. The molecular weight excluding hydrogens is 639 g/mol. The van der Waals surface area contributed by atoms with Gasteiger partial charge in [-0.05, 0) is 86.0 Å². The van der Waals surface area contributed by atoms with Crippen LogP contribution in [0.1, 0.15) is 87.5 Å². The molecule has 0 fully saturated rings. The summed E-state index contributed by atoms with van der Waals surface area (Å²) in [6, 6.07) is 27.5. The lowest BCUT2D eigenvalue weighted by Crippen LogP contribution is -2.40. The van der Waals surface area contributed by atoms with Gasteiger partial charge in [-0.1, -0.05) is 93.6 Å². The van der Waals surface area contributed by atoms with Crippen molar-refractivity contribution in [2.75, 3.05) is 39.3 Å². The van der Waals surface area contributed by atoms with Crippen molar-refractivity contribution in [3.63, 3.8) is 0 Å². The first-order chi connectivity index (χ1) is 25.6. The van der Waals surface area contributed by atoms with Crippen molar-refractivity contribution in [2.45, 2.75) is 98.9 Å². The highest BCUT2D eigenvalue weighted by Crippen LogP contribution is 2.31. The minimum Gasteiger partial charge on any atom is -0.311 e. The Balaban J connectivity index is 1.36. The molecular formula is C45H63N7. The van der Waals surface area contributed by atoms with E-state index in [-0.39, 0.29) is 0 Å². The van der Waals surface area contributed by atoms with Crippen LogP contribution in [0.3, 0.4) is 0 Å². The minimum absolute atomic E-state index is 0.861. The van der Waals surface area contributed by atoms with E-state index in [0.717, 1.165) is 117 Å². The highest BCUT2D eigenvalue weighted by molar-refractivity contribution is 5.53. The number of nitrogens with one attached hydrogen (secondary N) is 6. The normalized spacial score (nSPS) is 17.6. The average molecular weight is 702 g/mol. The van der Waals surface area contributed by atoms with Gasteiger partial charge in [0.15, 0.2) is 0 Å². The van der Waals surface area contributed by atoms with Crippen molar-refractivity contribution in [2.24, 2.45) is 0 Å². The number of hydrogen-bond donors (Lipinski definition) is 6. The van der Waals surface area contributed by atoms with Gasteiger partial charge in [0, 0.05) is 98.2 Å². The molecule has 4 aromatic carbocycles. The second-order valence-corrected chi connectivity index (χ2v) is 14.6. The first kappa shape index (κ1) is 38.3. The van der Waals surface area contributed by atoms with E-state index >= 15 is 0 Å². The molecule has 0 aromatic heterocycles. The highest BCUT2D eigenvalue weighted by Gasteiger charge is 2.21. The Hall–Kier alpha value is -3.40. The van der Waals surface area contributed by atoms with Crippen LogP contribution >= 0.6 is 0 Å². The van der Waals surface area contributed by atoms with Crippen LogP contribution in [-0.2, 0) is 78.2 Å². The third-order valence-corrected chi connectivity index (χ3v) is 11.0. The molecule has 0 saturated heterocycles. The van der Waals surface area contributed by atoms with Crippen LogP contribution in [-0.4, -0.2) is 44.2 Å². The molecule has 0 amide bonds. The van der Waals surface area contributed by atoms with E-state index in [2.05, 4.69) is 130 Å². The van der Waals surface area contributed by atoms with E-state index in [1.54, 1.807) is 0 Å². The second kappa shape index (κ2) is 20.2. The van der Waals surface area contributed by atoms with Crippen LogP contribution in [0, 0.1) is 0 Å². The van der Waals surface area contributed by atoms with Gasteiger partial charge in [0.1, 0.15) is 0 Å². The van der Waals surface area contributed by atoms with Crippen molar-refractivity contribution in [3.8, 4) is 0 Å². The zero-order valence-corrected chi connectivity index (χ0v) is 32.1. The van der Waals surface area contributed by atoms with Crippen LogP contribution in [0.25, 0.3) is 0 Å². The summed E-state index contributed by atoms with van der Waals surface area (Å²) in [6.07, 6.45) is 3.10. The summed E-state index contributed by atoms with van der Waals surface area (Å²) in [5, 5.41) is 22.8. The van der Waals surface area contributed by atoms with Crippen molar-refractivity contribution < 1.29 is 0 Å². The number of hydrogen-bond acceptors (Lipinski definition) is 7. The SMILES string of the molecule is CCc1c2c(CC)c3c(CC)c1CNCc1ccc(cc1)CNCCN(CCNCc1ccc(cc1)CNC2)CCNCc1ccc(cc1)CNC3. The fourth-order valence-electron chi connectivity index (χ4n) is 8.08. The minimum atomic E-state index is 0.861. The van der Waals surface area contributed by atoms with Crippen molar-refractivity contribution >= 4 is 0 Å². The van der Waals surface area contributed by atoms with Crippen LogP contribution < -0.4 is 31.9 Å². The molecule has 0 aliphatic carbocycles. The van der Waals surface area contributed by atoms with Gasteiger partial charge in [0.25, 0.3) is 0 Å². The van der Waals surface area contributed by atoms with Crippen molar-refractivity contribution in [3.05, 3.63) is 140 Å². The topological polar surface area (TPSA) is 75.4 Å². The third kappa shape index (κ3) is 10.6. The smallest absolute Gasteiger partial charge is 0.0214 e. The maximum Gasteiger partial charge on any atom is 0.0214 e. The zero-order chi connectivity index (χ0) is 36.0. The fourth-order valence-corrected chi connectivity index (χ4v) is 8.08. The van der Waals surface area contributed by atoms with Gasteiger partial charge in [0.05, 0.1) is 0 Å². The quantitative estimate of drug-likeness (QED) is 0.160. The van der Waals surface area contributed by atoms with E-state index in [0.29, 0.717) is 0 Å². The molecule has 278 valence electrons. The molecule has 6 N–H and O–H groups in total. The molecule has 7 heteroatoms. The predicted octanol–water partition coefficient (Wildman–Crippen LogP) is 5.84. The van der Waals surface area contributed by atoms with Gasteiger partial charge in [-0.25, -0.2) is 0 Å². The molecule has 0 saturated carbocycles. The standard InChI is InChI=1S/C45H63N7/c1-4-40-43-31-49-28-37-13-7-34(8-14-37)25-46-19-22-52-23-20-47-26-35-9-15-38(16-10-35)29-50-32-44(40)42(6-3)45(41(43)5-2)33-51-30-39-17-11-36(12-18-39)27-48-21-24-52/h7-18,46-51H,4-6,19-33H2,1-3H3. The molecule has 0 atom stereocenters.